The molecule has 154 valence electrons. The lowest BCUT2D eigenvalue weighted by molar-refractivity contribution is 0.0723. The predicted octanol–water partition coefficient (Wildman–Crippen LogP) is 1.79. The van der Waals surface area contributed by atoms with Gasteiger partial charge in [0.2, 0.25) is 0 Å². The van der Waals surface area contributed by atoms with Gasteiger partial charge in [-0.15, -0.1) is 0 Å². The Morgan fingerprint density at radius 2 is 1.66 bits per heavy atom. The second kappa shape index (κ2) is 8.63. The van der Waals surface area contributed by atoms with Crippen LogP contribution in [0.4, 0.5) is 5.82 Å². The number of imidazole rings is 1. The van der Waals surface area contributed by atoms with E-state index in [1.54, 1.807) is 29.4 Å². The molecular formula is C21H28N6O2. The highest BCUT2D eigenvalue weighted by Crippen LogP contribution is 2.19. The van der Waals surface area contributed by atoms with Gasteiger partial charge in [0.1, 0.15) is 11.5 Å². The first kappa shape index (κ1) is 19.4. The van der Waals surface area contributed by atoms with Crippen molar-refractivity contribution in [1.29, 1.82) is 0 Å². The van der Waals surface area contributed by atoms with Crippen LogP contribution in [0, 0.1) is 0 Å². The quantitative estimate of drug-likeness (QED) is 0.791. The maximum absolute atomic E-state index is 12.8. The molecular weight excluding hydrogens is 368 g/mol. The lowest BCUT2D eigenvalue weighted by Gasteiger charge is -2.27. The van der Waals surface area contributed by atoms with Gasteiger partial charge in [-0.25, -0.2) is 9.97 Å². The van der Waals surface area contributed by atoms with Crippen molar-refractivity contribution in [1.82, 2.24) is 24.3 Å². The number of anilines is 1. The van der Waals surface area contributed by atoms with Crippen molar-refractivity contribution >= 4 is 17.6 Å². The van der Waals surface area contributed by atoms with Crippen LogP contribution in [0.2, 0.25) is 0 Å². The van der Waals surface area contributed by atoms with Crippen molar-refractivity contribution < 1.29 is 9.59 Å². The van der Waals surface area contributed by atoms with E-state index < -0.39 is 0 Å². The lowest BCUT2D eigenvalue weighted by atomic mass is 10.1. The highest BCUT2D eigenvalue weighted by Gasteiger charge is 2.24. The fraction of sp³-hybridized carbons (Fsp3) is 0.524. The molecule has 0 saturated carbocycles. The number of hydrogen-bond donors (Lipinski definition) is 0. The van der Waals surface area contributed by atoms with E-state index in [0.29, 0.717) is 30.9 Å². The molecule has 2 amide bonds. The number of amides is 2. The van der Waals surface area contributed by atoms with Crippen LogP contribution in [-0.2, 0) is 7.05 Å². The van der Waals surface area contributed by atoms with Gasteiger partial charge in [-0.3, -0.25) is 9.59 Å². The second-order valence-corrected chi connectivity index (χ2v) is 7.78. The van der Waals surface area contributed by atoms with Gasteiger partial charge in [-0.05, 0) is 37.8 Å². The molecule has 2 aromatic rings. The zero-order valence-corrected chi connectivity index (χ0v) is 17.0. The summed E-state index contributed by atoms with van der Waals surface area (Å²) in [5, 5.41) is 0. The molecule has 0 N–H and O–H groups in total. The fourth-order valence-corrected chi connectivity index (χ4v) is 4.08. The Labute approximate surface area is 171 Å². The molecule has 4 heterocycles. The van der Waals surface area contributed by atoms with Crippen LogP contribution in [0.3, 0.4) is 0 Å². The Morgan fingerprint density at radius 3 is 2.41 bits per heavy atom. The van der Waals surface area contributed by atoms with Gasteiger partial charge in [-0.2, -0.15) is 0 Å². The highest BCUT2D eigenvalue weighted by molar-refractivity contribution is 5.95. The van der Waals surface area contributed by atoms with E-state index in [1.165, 1.54) is 6.42 Å². The lowest BCUT2D eigenvalue weighted by Crippen LogP contribution is -2.36. The topological polar surface area (TPSA) is 74.6 Å². The summed E-state index contributed by atoms with van der Waals surface area (Å²) in [6.45, 7) is 4.50. The number of nitrogens with zero attached hydrogens (tertiary/aromatic N) is 6. The first-order chi connectivity index (χ1) is 14.1. The van der Waals surface area contributed by atoms with Gasteiger partial charge in [-0.1, -0.05) is 0 Å². The van der Waals surface area contributed by atoms with Crippen LogP contribution in [-0.4, -0.2) is 75.4 Å². The zero-order valence-electron chi connectivity index (χ0n) is 17.0. The smallest absolute Gasteiger partial charge is 0.272 e. The van der Waals surface area contributed by atoms with Crippen molar-refractivity contribution in [2.45, 2.75) is 25.7 Å². The number of carbonyl (C=O) groups is 2. The summed E-state index contributed by atoms with van der Waals surface area (Å²) in [6, 6.07) is 3.70. The number of rotatable bonds is 3. The van der Waals surface area contributed by atoms with Gasteiger partial charge in [0.25, 0.3) is 11.8 Å². The van der Waals surface area contributed by atoms with Crippen LogP contribution in [0.1, 0.15) is 46.5 Å². The van der Waals surface area contributed by atoms with Crippen LogP contribution < -0.4 is 4.90 Å². The van der Waals surface area contributed by atoms with E-state index in [4.69, 9.17) is 0 Å². The van der Waals surface area contributed by atoms with Crippen molar-refractivity contribution in [2.24, 2.45) is 7.05 Å². The Morgan fingerprint density at radius 1 is 0.897 bits per heavy atom. The summed E-state index contributed by atoms with van der Waals surface area (Å²) in [6.07, 6.45) is 9.19. The second-order valence-electron chi connectivity index (χ2n) is 7.78. The highest BCUT2D eigenvalue weighted by atomic mass is 16.2. The first-order valence-corrected chi connectivity index (χ1v) is 10.4. The average molecular weight is 396 g/mol. The van der Waals surface area contributed by atoms with E-state index >= 15 is 0 Å². The molecule has 8 heteroatoms. The maximum Gasteiger partial charge on any atom is 0.272 e. The molecule has 29 heavy (non-hydrogen) atoms. The minimum Gasteiger partial charge on any atom is -0.355 e. The van der Waals surface area contributed by atoms with Crippen LogP contribution in [0.25, 0.3) is 0 Å². The van der Waals surface area contributed by atoms with E-state index in [1.807, 2.05) is 22.9 Å². The molecule has 0 spiro atoms. The minimum absolute atomic E-state index is 0.00818. The monoisotopic (exact) mass is 396 g/mol. The Balaban J connectivity index is 1.43. The molecule has 2 saturated heterocycles. The molecule has 0 atom stereocenters. The summed E-state index contributed by atoms with van der Waals surface area (Å²) in [5.41, 5.74) is 1.30. The van der Waals surface area contributed by atoms with Gasteiger partial charge in [0, 0.05) is 58.1 Å². The summed E-state index contributed by atoms with van der Waals surface area (Å²) < 4.78 is 1.75. The molecule has 0 bridgehead atoms. The molecule has 0 aromatic carbocycles. The molecule has 0 unspecified atom stereocenters. The normalized spacial score (nSPS) is 17.9. The van der Waals surface area contributed by atoms with Crippen LogP contribution in [0.15, 0.2) is 30.9 Å². The van der Waals surface area contributed by atoms with Gasteiger partial charge >= 0.3 is 0 Å². The van der Waals surface area contributed by atoms with Crippen LogP contribution >= 0.6 is 0 Å². The number of aromatic nitrogens is 3. The Bertz CT molecular complexity index is 874. The molecule has 2 fully saturated rings. The average Bonchev–Trinajstić information content (AvgIpc) is 3.04. The number of piperidine rings is 1. The largest absolute Gasteiger partial charge is 0.355 e. The maximum atomic E-state index is 12.8. The minimum atomic E-state index is 0.00818. The van der Waals surface area contributed by atoms with E-state index in [2.05, 4.69) is 14.9 Å². The van der Waals surface area contributed by atoms with Gasteiger partial charge in [0.05, 0.1) is 12.5 Å². The molecule has 4 rings (SSSR count). The van der Waals surface area contributed by atoms with Gasteiger partial charge in [0.15, 0.2) is 0 Å². The number of pyridine rings is 1. The summed E-state index contributed by atoms with van der Waals surface area (Å²) >= 11 is 0. The van der Waals surface area contributed by atoms with Crippen molar-refractivity contribution in [3.8, 4) is 0 Å². The van der Waals surface area contributed by atoms with E-state index in [-0.39, 0.29) is 11.8 Å². The molecule has 2 aliphatic heterocycles. The SMILES string of the molecule is Cn1cncc1C(=O)N1CCCN(c2cc(C(=O)N3CCCCC3)ccn2)CC1. The number of aryl methyl sites for hydroxylation is 1. The summed E-state index contributed by atoms with van der Waals surface area (Å²) in [7, 11) is 1.83. The molecule has 0 radical (unpaired) electrons. The zero-order chi connectivity index (χ0) is 20.2. The van der Waals surface area contributed by atoms with Crippen molar-refractivity contribution in [3.05, 3.63) is 42.1 Å². The predicted molar refractivity (Wildman–Crippen MR) is 110 cm³/mol. The number of hydrogen-bond acceptors (Lipinski definition) is 5. The first-order valence-electron chi connectivity index (χ1n) is 10.4. The number of likely N-dealkylation sites (tertiary alicyclic amines) is 1. The summed E-state index contributed by atoms with van der Waals surface area (Å²) in [5.74, 6) is 0.910. The standard InChI is InChI=1S/C21H28N6O2/c1-24-16-22-15-18(24)21(29)27-11-5-10-25(12-13-27)19-14-17(6-7-23-19)20(28)26-8-3-2-4-9-26/h6-7,14-16H,2-5,8-13H2,1H3. The third-order valence-electron chi connectivity index (χ3n) is 5.78. The molecule has 2 aromatic heterocycles. The van der Waals surface area contributed by atoms with Crippen molar-refractivity contribution in [3.63, 3.8) is 0 Å². The third kappa shape index (κ3) is 4.26. The Hall–Kier alpha value is -2.90. The third-order valence-corrected chi connectivity index (χ3v) is 5.78. The molecule has 8 nitrogen and oxygen atoms in total. The Kier molecular flexibility index (Phi) is 5.78. The molecule has 2 aliphatic rings. The number of carbonyl (C=O) groups excluding carboxylic acids is 2. The molecule has 0 aliphatic carbocycles. The van der Waals surface area contributed by atoms with Gasteiger partial charge < -0.3 is 19.3 Å². The van der Waals surface area contributed by atoms with Crippen molar-refractivity contribution in [2.75, 3.05) is 44.2 Å². The fourth-order valence-electron chi connectivity index (χ4n) is 4.08. The van der Waals surface area contributed by atoms with E-state index in [0.717, 1.165) is 44.7 Å². The van der Waals surface area contributed by atoms with E-state index in [9.17, 15) is 9.59 Å². The van der Waals surface area contributed by atoms with Crippen LogP contribution in [0.5, 0.6) is 0 Å². The summed E-state index contributed by atoms with van der Waals surface area (Å²) in [4.78, 5) is 40.1.